The summed E-state index contributed by atoms with van der Waals surface area (Å²) in [5, 5.41) is 12.6. The van der Waals surface area contributed by atoms with Crippen LogP contribution in [-0.4, -0.2) is 38.8 Å². The van der Waals surface area contributed by atoms with Crippen molar-refractivity contribution >= 4 is 5.78 Å². The number of methoxy groups -OCH3 is 1. The lowest BCUT2D eigenvalue weighted by atomic mass is 10.1. The van der Waals surface area contributed by atoms with Gasteiger partial charge in [0.15, 0.2) is 5.78 Å². The standard InChI is InChI=1S/C15H19N5O2/c1-11-7-13(12(2)20(11)5-4-6-22-3)14(21)9-19-10-17-15(8-16)18-19/h7,10H,4-6,9H2,1-3H3. The fraction of sp³-hybridized carbons (Fsp3) is 0.467. The van der Waals surface area contributed by atoms with Crippen LogP contribution in [0.1, 0.15) is 34.0 Å². The number of aromatic nitrogens is 4. The fourth-order valence-corrected chi connectivity index (χ4v) is 2.45. The highest BCUT2D eigenvalue weighted by molar-refractivity contribution is 5.97. The van der Waals surface area contributed by atoms with E-state index in [0.29, 0.717) is 12.2 Å². The molecule has 0 atom stereocenters. The van der Waals surface area contributed by atoms with Gasteiger partial charge in [-0.25, -0.2) is 9.67 Å². The van der Waals surface area contributed by atoms with Gasteiger partial charge in [0.05, 0.1) is 0 Å². The number of nitrogens with zero attached hydrogens (tertiary/aromatic N) is 5. The van der Waals surface area contributed by atoms with Gasteiger partial charge in [-0.15, -0.1) is 5.10 Å². The molecule has 0 aromatic carbocycles. The summed E-state index contributed by atoms with van der Waals surface area (Å²) in [4.78, 5) is 16.2. The quantitative estimate of drug-likeness (QED) is 0.571. The summed E-state index contributed by atoms with van der Waals surface area (Å²) < 4.78 is 8.57. The molecule has 2 aromatic heterocycles. The van der Waals surface area contributed by atoms with Crippen LogP contribution in [0.15, 0.2) is 12.4 Å². The van der Waals surface area contributed by atoms with Crippen molar-refractivity contribution in [1.82, 2.24) is 19.3 Å². The Labute approximate surface area is 129 Å². The van der Waals surface area contributed by atoms with Crippen molar-refractivity contribution in [2.75, 3.05) is 13.7 Å². The Morgan fingerprint density at radius 1 is 1.45 bits per heavy atom. The number of rotatable bonds is 7. The summed E-state index contributed by atoms with van der Waals surface area (Å²) in [6.07, 6.45) is 2.29. The van der Waals surface area contributed by atoms with Crippen LogP contribution in [0, 0.1) is 25.2 Å². The maximum Gasteiger partial charge on any atom is 0.252 e. The van der Waals surface area contributed by atoms with Gasteiger partial charge in [0, 0.05) is 37.2 Å². The number of ether oxygens (including phenoxy) is 1. The summed E-state index contributed by atoms with van der Waals surface area (Å²) >= 11 is 0. The van der Waals surface area contributed by atoms with E-state index >= 15 is 0 Å². The van der Waals surface area contributed by atoms with Crippen molar-refractivity contribution in [3.63, 3.8) is 0 Å². The molecule has 7 heteroatoms. The van der Waals surface area contributed by atoms with E-state index in [1.54, 1.807) is 7.11 Å². The predicted molar refractivity (Wildman–Crippen MR) is 79.5 cm³/mol. The van der Waals surface area contributed by atoms with Crippen molar-refractivity contribution in [3.05, 3.63) is 35.2 Å². The van der Waals surface area contributed by atoms with Gasteiger partial charge in [0.1, 0.15) is 18.9 Å². The molecule has 22 heavy (non-hydrogen) atoms. The molecule has 2 rings (SSSR count). The molecule has 0 aliphatic carbocycles. The first-order chi connectivity index (χ1) is 10.6. The molecule has 0 radical (unpaired) electrons. The predicted octanol–water partition coefficient (Wildman–Crippen LogP) is 1.49. The Morgan fingerprint density at radius 3 is 2.86 bits per heavy atom. The van der Waals surface area contributed by atoms with Gasteiger partial charge in [-0.05, 0) is 26.3 Å². The number of carbonyl (C=O) groups excluding carboxylic acids is 1. The summed E-state index contributed by atoms with van der Waals surface area (Å²) in [6.45, 7) is 5.52. The van der Waals surface area contributed by atoms with Gasteiger partial charge < -0.3 is 9.30 Å². The lowest BCUT2D eigenvalue weighted by Gasteiger charge is -2.09. The third kappa shape index (κ3) is 3.40. The highest BCUT2D eigenvalue weighted by Crippen LogP contribution is 2.17. The number of hydrogen-bond donors (Lipinski definition) is 0. The molecule has 0 fully saturated rings. The van der Waals surface area contributed by atoms with Crippen molar-refractivity contribution < 1.29 is 9.53 Å². The maximum absolute atomic E-state index is 12.4. The number of Topliss-reactive ketones (excluding diaryl/α,β-unsaturated/α-hetero) is 1. The SMILES string of the molecule is COCCCn1c(C)cc(C(=O)Cn2cnc(C#N)n2)c1C. The minimum Gasteiger partial charge on any atom is -0.385 e. The van der Waals surface area contributed by atoms with Gasteiger partial charge in [0.2, 0.25) is 0 Å². The molecule has 7 nitrogen and oxygen atoms in total. The molecule has 2 aromatic rings. The van der Waals surface area contributed by atoms with E-state index in [0.717, 1.165) is 24.4 Å². The van der Waals surface area contributed by atoms with Gasteiger partial charge in [0.25, 0.3) is 5.82 Å². The molecular weight excluding hydrogens is 282 g/mol. The first-order valence-electron chi connectivity index (χ1n) is 7.05. The molecule has 2 heterocycles. The first-order valence-corrected chi connectivity index (χ1v) is 7.05. The second-order valence-corrected chi connectivity index (χ2v) is 5.08. The van der Waals surface area contributed by atoms with Crippen LogP contribution in [0.5, 0.6) is 0 Å². The Balaban J connectivity index is 2.13. The normalized spacial score (nSPS) is 10.6. The molecule has 0 aliphatic heterocycles. The smallest absolute Gasteiger partial charge is 0.252 e. The van der Waals surface area contributed by atoms with Gasteiger partial charge >= 0.3 is 0 Å². The largest absolute Gasteiger partial charge is 0.385 e. The lowest BCUT2D eigenvalue weighted by Crippen LogP contribution is -2.12. The molecule has 116 valence electrons. The highest BCUT2D eigenvalue weighted by Gasteiger charge is 2.16. The van der Waals surface area contributed by atoms with Crippen LogP contribution in [0.25, 0.3) is 0 Å². The first kappa shape index (κ1) is 15.9. The van der Waals surface area contributed by atoms with Gasteiger partial charge in [-0.2, -0.15) is 5.26 Å². The minimum absolute atomic E-state index is 0.0412. The van der Waals surface area contributed by atoms with Crippen molar-refractivity contribution in [3.8, 4) is 6.07 Å². The molecule has 0 aliphatic rings. The average molecular weight is 301 g/mol. The minimum atomic E-state index is -0.0412. The molecule has 0 saturated heterocycles. The van der Waals surface area contributed by atoms with E-state index in [9.17, 15) is 4.79 Å². The lowest BCUT2D eigenvalue weighted by molar-refractivity contribution is 0.0967. The molecule has 0 amide bonds. The third-order valence-corrected chi connectivity index (χ3v) is 3.55. The number of hydrogen-bond acceptors (Lipinski definition) is 5. The monoisotopic (exact) mass is 301 g/mol. The summed E-state index contributed by atoms with van der Waals surface area (Å²) in [6, 6.07) is 3.74. The Morgan fingerprint density at radius 2 is 2.23 bits per heavy atom. The van der Waals surface area contributed by atoms with Crippen LogP contribution in [0.3, 0.4) is 0 Å². The average Bonchev–Trinajstić information content (AvgIpc) is 3.06. The summed E-state index contributed by atoms with van der Waals surface area (Å²) in [7, 11) is 1.68. The Hall–Kier alpha value is -2.46. The van der Waals surface area contributed by atoms with E-state index in [-0.39, 0.29) is 18.2 Å². The Kier molecular flexibility index (Phi) is 5.07. The van der Waals surface area contributed by atoms with E-state index in [2.05, 4.69) is 14.6 Å². The zero-order chi connectivity index (χ0) is 16.1. The van der Waals surface area contributed by atoms with Crippen molar-refractivity contribution in [2.24, 2.45) is 0 Å². The van der Waals surface area contributed by atoms with Crippen LogP contribution in [0.4, 0.5) is 0 Å². The molecule has 0 saturated carbocycles. The molecular formula is C15H19N5O2. The van der Waals surface area contributed by atoms with Gasteiger partial charge in [-0.3, -0.25) is 4.79 Å². The number of carbonyl (C=O) groups is 1. The van der Waals surface area contributed by atoms with E-state index < -0.39 is 0 Å². The zero-order valence-electron chi connectivity index (χ0n) is 13.0. The van der Waals surface area contributed by atoms with E-state index in [1.165, 1.54) is 11.0 Å². The second kappa shape index (κ2) is 7.00. The summed E-state index contributed by atoms with van der Waals surface area (Å²) in [5.74, 6) is 0.0262. The van der Waals surface area contributed by atoms with Crippen LogP contribution in [-0.2, 0) is 17.8 Å². The van der Waals surface area contributed by atoms with Crippen molar-refractivity contribution in [1.29, 1.82) is 5.26 Å². The molecule has 0 spiro atoms. The number of ketones is 1. The zero-order valence-corrected chi connectivity index (χ0v) is 13.0. The topological polar surface area (TPSA) is 85.7 Å². The van der Waals surface area contributed by atoms with Crippen LogP contribution in [0.2, 0.25) is 0 Å². The second-order valence-electron chi connectivity index (χ2n) is 5.08. The van der Waals surface area contributed by atoms with Crippen LogP contribution >= 0.6 is 0 Å². The highest BCUT2D eigenvalue weighted by atomic mass is 16.5. The Bertz CT molecular complexity index is 708. The van der Waals surface area contributed by atoms with Crippen molar-refractivity contribution in [2.45, 2.75) is 33.4 Å². The molecule has 0 bridgehead atoms. The number of aryl methyl sites for hydroxylation is 1. The number of nitriles is 1. The van der Waals surface area contributed by atoms with Gasteiger partial charge in [-0.1, -0.05) is 0 Å². The van der Waals surface area contributed by atoms with Crippen LogP contribution < -0.4 is 0 Å². The molecule has 0 N–H and O–H groups in total. The van der Waals surface area contributed by atoms with E-state index in [1.807, 2.05) is 26.0 Å². The third-order valence-electron chi connectivity index (χ3n) is 3.55. The molecule has 0 unspecified atom stereocenters. The van der Waals surface area contributed by atoms with E-state index in [4.69, 9.17) is 10.00 Å². The fourth-order valence-electron chi connectivity index (χ4n) is 2.45. The maximum atomic E-state index is 12.4. The summed E-state index contributed by atoms with van der Waals surface area (Å²) in [5.41, 5.74) is 2.68.